The van der Waals surface area contributed by atoms with Crippen LogP contribution in [0.3, 0.4) is 0 Å². The smallest absolute Gasteiger partial charge is 0.230 e. The van der Waals surface area contributed by atoms with Crippen molar-refractivity contribution in [1.82, 2.24) is 5.32 Å². The molecule has 0 radical (unpaired) electrons. The number of hydrogen-bond acceptors (Lipinski definition) is 3. The summed E-state index contributed by atoms with van der Waals surface area (Å²) in [5.41, 5.74) is 1.14. The molecular weight excluding hydrogens is 356 g/mol. The molecule has 27 heavy (non-hydrogen) atoms. The third kappa shape index (κ3) is 4.18. The maximum absolute atomic E-state index is 12.5. The molecule has 146 valence electrons. The molecule has 1 aromatic carbocycles. The average molecular weight is 387 g/mol. The van der Waals surface area contributed by atoms with Gasteiger partial charge in [0.1, 0.15) is 0 Å². The first-order valence-corrected chi connectivity index (χ1v) is 11.2. The molecule has 4 aliphatic rings. The lowest BCUT2D eigenvalue weighted by atomic mass is 9.48. The predicted molar refractivity (Wildman–Crippen MR) is 110 cm³/mol. The molecule has 2 N–H and O–H groups in total. The van der Waals surface area contributed by atoms with Crippen LogP contribution in [-0.4, -0.2) is 23.6 Å². The number of anilines is 1. The third-order valence-electron chi connectivity index (χ3n) is 6.93. The fourth-order valence-electron chi connectivity index (χ4n) is 6.13. The molecule has 0 saturated heterocycles. The molecule has 1 atom stereocenters. The number of rotatable bonds is 6. The van der Waals surface area contributed by atoms with Crippen LogP contribution in [-0.2, 0) is 9.59 Å². The zero-order valence-corrected chi connectivity index (χ0v) is 17.1. The number of thioether (sulfide) groups is 1. The zero-order chi connectivity index (χ0) is 19.0. The SMILES string of the molecule is CC(=O)Nc1ccc(SCC(=O)N[C@H](C)C23CC4CC(CC(C4)C2)C3)cc1. The van der Waals surface area contributed by atoms with Crippen molar-refractivity contribution in [2.24, 2.45) is 23.2 Å². The van der Waals surface area contributed by atoms with Gasteiger partial charge in [0, 0.05) is 23.5 Å². The molecule has 4 fully saturated rings. The molecule has 1 aromatic rings. The van der Waals surface area contributed by atoms with Gasteiger partial charge in [0.15, 0.2) is 0 Å². The second-order valence-corrected chi connectivity index (χ2v) is 10.1. The summed E-state index contributed by atoms with van der Waals surface area (Å²) in [4.78, 5) is 24.7. The van der Waals surface area contributed by atoms with Crippen LogP contribution in [0.25, 0.3) is 0 Å². The molecule has 0 unspecified atom stereocenters. The van der Waals surface area contributed by atoms with Gasteiger partial charge in [0.05, 0.1) is 5.75 Å². The lowest BCUT2D eigenvalue weighted by Gasteiger charge is -2.59. The summed E-state index contributed by atoms with van der Waals surface area (Å²) in [5.74, 6) is 3.23. The summed E-state index contributed by atoms with van der Waals surface area (Å²) in [6, 6.07) is 7.93. The quantitative estimate of drug-likeness (QED) is 0.710. The normalized spacial score (nSPS) is 32.1. The Labute approximate surface area is 166 Å². The highest BCUT2D eigenvalue weighted by molar-refractivity contribution is 8.00. The van der Waals surface area contributed by atoms with E-state index in [1.807, 2.05) is 24.3 Å². The Morgan fingerprint density at radius 3 is 2.15 bits per heavy atom. The molecular formula is C22H30N2O2S. The molecule has 0 heterocycles. The van der Waals surface area contributed by atoms with Crippen molar-refractivity contribution in [3.8, 4) is 0 Å². The molecule has 5 heteroatoms. The monoisotopic (exact) mass is 386 g/mol. The van der Waals surface area contributed by atoms with Crippen LogP contribution in [0, 0.1) is 23.2 Å². The minimum atomic E-state index is -0.0755. The van der Waals surface area contributed by atoms with E-state index in [-0.39, 0.29) is 17.9 Å². The van der Waals surface area contributed by atoms with E-state index in [9.17, 15) is 9.59 Å². The fraction of sp³-hybridized carbons (Fsp3) is 0.636. The van der Waals surface area contributed by atoms with Gasteiger partial charge < -0.3 is 10.6 Å². The van der Waals surface area contributed by atoms with E-state index in [0.717, 1.165) is 28.3 Å². The Morgan fingerprint density at radius 1 is 1.07 bits per heavy atom. The largest absolute Gasteiger partial charge is 0.352 e. The maximum Gasteiger partial charge on any atom is 0.230 e. The van der Waals surface area contributed by atoms with Gasteiger partial charge in [-0.25, -0.2) is 0 Å². The van der Waals surface area contributed by atoms with Crippen molar-refractivity contribution in [2.75, 3.05) is 11.1 Å². The van der Waals surface area contributed by atoms with Crippen LogP contribution in [0.4, 0.5) is 5.69 Å². The van der Waals surface area contributed by atoms with Crippen LogP contribution >= 0.6 is 11.8 Å². The summed E-state index contributed by atoms with van der Waals surface area (Å²) in [6.45, 7) is 3.73. The molecule has 4 saturated carbocycles. The molecule has 2 amide bonds. The topological polar surface area (TPSA) is 58.2 Å². The van der Waals surface area contributed by atoms with Crippen LogP contribution in [0.2, 0.25) is 0 Å². The van der Waals surface area contributed by atoms with Gasteiger partial charge in [-0.05, 0) is 92.9 Å². The summed E-state index contributed by atoms with van der Waals surface area (Å²) in [6.07, 6.45) is 8.26. The summed E-state index contributed by atoms with van der Waals surface area (Å²) >= 11 is 1.55. The Balaban J connectivity index is 1.29. The van der Waals surface area contributed by atoms with Crippen LogP contribution < -0.4 is 10.6 Å². The first-order valence-electron chi connectivity index (χ1n) is 10.2. The van der Waals surface area contributed by atoms with Crippen LogP contribution in [0.5, 0.6) is 0 Å². The predicted octanol–water partition coefficient (Wildman–Crippen LogP) is 4.46. The zero-order valence-electron chi connectivity index (χ0n) is 16.3. The Hall–Kier alpha value is -1.49. The van der Waals surface area contributed by atoms with E-state index >= 15 is 0 Å². The van der Waals surface area contributed by atoms with Crippen molar-refractivity contribution in [2.45, 2.75) is 63.3 Å². The Bertz CT molecular complexity index is 680. The fourth-order valence-corrected chi connectivity index (χ4v) is 6.84. The minimum absolute atomic E-state index is 0.0755. The van der Waals surface area contributed by atoms with E-state index in [0.29, 0.717) is 11.2 Å². The second kappa shape index (κ2) is 7.50. The molecule has 4 nitrogen and oxygen atoms in total. The van der Waals surface area contributed by atoms with Gasteiger partial charge in [-0.3, -0.25) is 9.59 Å². The van der Waals surface area contributed by atoms with E-state index < -0.39 is 0 Å². The van der Waals surface area contributed by atoms with Crippen molar-refractivity contribution in [3.05, 3.63) is 24.3 Å². The first-order chi connectivity index (χ1) is 12.9. The van der Waals surface area contributed by atoms with Gasteiger partial charge in [-0.15, -0.1) is 11.8 Å². The van der Waals surface area contributed by atoms with Gasteiger partial charge in [-0.2, -0.15) is 0 Å². The molecule has 4 bridgehead atoms. The second-order valence-electron chi connectivity index (χ2n) is 9.06. The lowest BCUT2D eigenvalue weighted by molar-refractivity contribution is -0.123. The van der Waals surface area contributed by atoms with Gasteiger partial charge in [-0.1, -0.05) is 0 Å². The van der Waals surface area contributed by atoms with Crippen molar-refractivity contribution < 1.29 is 9.59 Å². The summed E-state index contributed by atoms with van der Waals surface area (Å²) < 4.78 is 0. The number of amides is 2. The lowest BCUT2D eigenvalue weighted by Crippen LogP contribution is -2.56. The molecule has 4 aliphatic carbocycles. The highest BCUT2D eigenvalue weighted by atomic mass is 32.2. The van der Waals surface area contributed by atoms with Crippen molar-refractivity contribution in [3.63, 3.8) is 0 Å². The number of hydrogen-bond donors (Lipinski definition) is 2. The number of carbonyl (C=O) groups excluding carboxylic acids is 2. The van der Waals surface area contributed by atoms with Crippen molar-refractivity contribution >= 4 is 29.3 Å². The Morgan fingerprint density at radius 2 is 1.63 bits per heavy atom. The molecule has 0 aliphatic heterocycles. The Kier molecular flexibility index (Phi) is 5.23. The minimum Gasteiger partial charge on any atom is -0.352 e. The van der Waals surface area contributed by atoms with E-state index in [2.05, 4.69) is 17.6 Å². The number of benzene rings is 1. The molecule has 0 aromatic heterocycles. The van der Waals surface area contributed by atoms with Crippen LogP contribution in [0.1, 0.15) is 52.4 Å². The van der Waals surface area contributed by atoms with Crippen molar-refractivity contribution in [1.29, 1.82) is 0 Å². The maximum atomic E-state index is 12.5. The number of nitrogens with one attached hydrogen (secondary N) is 2. The first kappa shape index (κ1) is 18.9. The molecule has 5 rings (SSSR count). The number of carbonyl (C=O) groups is 2. The average Bonchev–Trinajstić information content (AvgIpc) is 2.59. The highest BCUT2D eigenvalue weighted by Gasteiger charge is 2.53. The van der Waals surface area contributed by atoms with Gasteiger partial charge in [0.2, 0.25) is 11.8 Å². The summed E-state index contributed by atoms with van der Waals surface area (Å²) in [7, 11) is 0. The van der Waals surface area contributed by atoms with Gasteiger partial charge in [0.25, 0.3) is 0 Å². The van der Waals surface area contributed by atoms with E-state index in [4.69, 9.17) is 0 Å². The van der Waals surface area contributed by atoms with E-state index in [1.54, 1.807) is 11.8 Å². The van der Waals surface area contributed by atoms with Crippen LogP contribution in [0.15, 0.2) is 29.2 Å². The van der Waals surface area contributed by atoms with E-state index in [1.165, 1.54) is 45.4 Å². The standard InChI is InChI=1S/C22H30N2O2S/c1-14(22-10-16-7-17(11-22)9-18(8-16)12-22)23-21(26)13-27-20-5-3-19(4-6-20)24-15(2)25/h3-6,14,16-18H,7-13H2,1-2H3,(H,23,26)(H,24,25)/t14-,16?,17?,18?,22?/m1/s1. The molecule has 0 spiro atoms. The highest BCUT2D eigenvalue weighted by Crippen LogP contribution is 2.61. The third-order valence-corrected chi connectivity index (χ3v) is 7.94. The summed E-state index contributed by atoms with van der Waals surface area (Å²) in [5, 5.41) is 6.09. The van der Waals surface area contributed by atoms with Gasteiger partial charge >= 0.3 is 0 Å².